The minimum Gasteiger partial charge on any atom is -0.300 e. The zero-order valence-electron chi connectivity index (χ0n) is 9.68. The van der Waals surface area contributed by atoms with Gasteiger partial charge in [-0.05, 0) is 17.9 Å². The number of carbonyl (C=O) groups excluding carboxylic acids is 1. The Balaban J connectivity index is 2.11. The molecule has 0 aliphatic rings. The van der Waals surface area contributed by atoms with Crippen LogP contribution in [0.15, 0.2) is 22.6 Å². The van der Waals surface area contributed by atoms with Crippen molar-refractivity contribution in [1.82, 2.24) is 9.55 Å². The Hall–Kier alpha value is -1.49. The third-order valence-electron chi connectivity index (χ3n) is 2.70. The van der Waals surface area contributed by atoms with Crippen molar-refractivity contribution in [2.24, 2.45) is 0 Å². The van der Waals surface area contributed by atoms with E-state index in [1.54, 1.807) is 17.0 Å². The Morgan fingerprint density at radius 2 is 2.35 bits per heavy atom. The predicted octanol–water partition coefficient (Wildman–Crippen LogP) is 2.22. The van der Waals surface area contributed by atoms with Gasteiger partial charge in [-0.15, -0.1) is 11.3 Å². The van der Waals surface area contributed by atoms with E-state index in [1.165, 1.54) is 11.3 Å². The molecule has 0 aliphatic heterocycles. The number of nitrogens with zero attached hydrogens (tertiary/aromatic N) is 2. The van der Waals surface area contributed by atoms with E-state index in [9.17, 15) is 9.59 Å². The number of hydrogen-bond acceptors (Lipinski definition) is 4. The summed E-state index contributed by atoms with van der Waals surface area (Å²) in [6.45, 7) is 2.41. The first-order chi connectivity index (χ1) is 8.22. The number of hydrogen-bond donors (Lipinski definition) is 0. The second-order valence-electron chi connectivity index (χ2n) is 3.88. The first-order valence-corrected chi connectivity index (χ1v) is 6.54. The molecule has 90 valence electrons. The zero-order valence-corrected chi connectivity index (χ0v) is 10.5. The first kappa shape index (κ1) is 12.0. The summed E-state index contributed by atoms with van der Waals surface area (Å²) in [6, 6.07) is 1.79. The predicted molar refractivity (Wildman–Crippen MR) is 68.4 cm³/mol. The Morgan fingerprint density at radius 1 is 1.53 bits per heavy atom. The number of aryl methyl sites for hydroxylation is 1. The maximum atomic E-state index is 12.0. The van der Waals surface area contributed by atoms with Crippen LogP contribution in [0, 0.1) is 0 Å². The van der Waals surface area contributed by atoms with Gasteiger partial charge >= 0.3 is 0 Å². The van der Waals surface area contributed by atoms with Gasteiger partial charge in [-0.2, -0.15) is 0 Å². The molecule has 0 fully saturated rings. The number of aromatic nitrogens is 2. The number of rotatable bonds is 5. The summed E-state index contributed by atoms with van der Waals surface area (Å²) in [5.74, 6) is 0.239. The summed E-state index contributed by atoms with van der Waals surface area (Å²) in [6.07, 6.45) is 3.36. The van der Waals surface area contributed by atoms with Gasteiger partial charge < -0.3 is 0 Å². The first-order valence-electron chi connectivity index (χ1n) is 5.66. The molecule has 0 unspecified atom stereocenters. The summed E-state index contributed by atoms with van der Waals surface area (Å²) in [5.41, 5.74) is -0.0137. The van der Waals surface area contributed by atoms with E-state index < -0.39 is 0 Å². The Labute approximate surface area is 103 Å². The molecule has 17 heavy (non-hydrogen) atoms. The van der Waals surface area contributed by atoms with Gasteiger partial charge in [0.2, 0.25) is 0 Å². The number of ketones is 1. The van der Waals surface area contributed by atoms with Crippen molar-refractivity contribution in [3.63, 3.8) is 0 Å². The maximum Gasteiger partial charge on any atom is 0.262 e. The SMILES string of the molecule is CCC(=O)CCCn1cnc2sccc2c1=O. The average molecular weight is 250 g/mol. The fourth-order valence-electron chi connectivity index (χ4n) is 1.68. The quantitative estimate of drug-likeness (QED) is 0.817. The number of carbonyl (C=O) groups is 1. The van der Waals surface area contributed by atoms with Gasteiger partial charge in [-0.3, -0.25) is 14.2 Å². The van der Waals surface area contributed by atoms with E-state index >= 15 is 0 Å². The van der Waals surface area contributed by atoms with Crippen LogP contribution in [0.2, 0.25) is 0 Å². The Bertz CT molecular complexity index is 585. The van der Waals surface area contributed by atoms with Gasteiger partial charge in [0, 0.05) is 19.4 Å². The molecular formula is C12H14N2O2S. The van der Waals surface area contributed by atoms with Gasteiger partial charge in [0.1, 0.15) is 10.6 Å². The number of fused-ring (bicyclic) bond motifs is 1. The van der Waals surface area contributed by atoms with E-state index in [4.69, 9.17) is 0 Å². The lowest BCUT2D eigenvalue weighted by Gasteiger charge is -2.04. The molecule has 0 N–H and O–H groups in total. The van der Waals surface area contributed by atoms with Crippen molar-refractivity contribution in [3.8, 4) is 0 Å². The van der Waals surface area contributed by atoms with Crippen molar-refractivity contribution in [3.05, 3.63) is 28.1 Å². The topological polar surface area (TPSA) is 52.0 Å². The summed E-state index contributed by atoms with van der Waals surface area (Å²) < 4.78 is 1.58. The summed E-state index contributed by atoms with van der Waals surface area (Å²) in [7, 11) is 0. The van der Waals surface area contributed by atoms with Crippen LogP contribution in [0.4, 0.5) is 0 Å². The summed E-state index contributed by atoms with van der Waals surface area (Å²) in [4.78, 5) is 28.1. The lowest BCUT2D eigenvalue weighted by molar-refractivity contribution is -0.118. The highest BCUT2D eigenvalue weighted by Crippen LogP contribution is 2.13. The molecule has 2 heterocycles. The van der Waals surface area contributed by atoms with Crippen LogP contribution < -0.4 is 5.56 Å². The third kappa shape index (κ3) is 2.61. The molecule has 0 aromatic carbocycles. The molecule has 2 rings (SSSR count). The van der Waals surface area contributed by atoms with Gasteiger partial charge in [0.05, 0.1) is 11.7 Å². The van der Waals surface area contributed by atoms with Crippen LogP contribution in [0.5, 0.6) is 0 Å². The maximum absolute atomic E-state index is 12.0. The lowest BCUT2D eigenvalue weighted by Crippen LogP contribution is -2.20. The molecule has 2 aromatic rings. The molecule has 0 amide bonds. The van der Waals surface area contributed by atoms with Crippen LogP contribution in [0.3, 0.4) is 0 Å². The molecule has 0 radical (unpaired) electrons. The number of Topliss-reactive ketones (excluding diaryl/α,β-unsaturated/α-hetero) is 1. The van der Waals surface area contributed by atoms with Crippen molar-refractivity contribution in [1.29, 1.82) is 0 Å². The fraction of sp³-hybridized carbons (Fsp3) is 0.417. The minimum absolute atomic E-state index is 0.0137. The monoisotopic (exact) mass is 250 g/mol. The van der Waals surface area contributed by atoms with Crippen LogP contribution >= 0.6 is 11.3 Å². The van der Waals surface area contributed by atoms with Crippen molar-refractivity contribution < 1.29 is 4.79 Å². The van der Waals surface area contributed by atoms with Crippen LogP contribution in [0.1, 0.15) is 26.2 Å². The molecule has 0 bridgehead atoms. The molecule has 0 saturated heterocycles. The van der Waals surface area contributed by atoms with Crippen molar-refractivity contribution in [2.75, 3.05) is 0 Å². The molecule has 2 aromatic heterocycles. The van der Waals surface area contributed by atoms with Gasteiger partial charge in [0.25, 0.3) is 5.56 Å². The Morgan fingerprint density at radius 3 is 3.12 bits per heavy atom. The smallest absolute Gasteiger partial charge is 0.262 e. The van der Waals surface area contributed by atoms with Crippen molar-refractivity contribution >= 4 is 27.3 Å². The summed E-state index contributed by atoms with van der Waals surface area (Å²) in [5, 5.41) is 2.53. The highest BCUT2D eigenvalue weighted by atomic mass is 32.1. The van der Waals surface area contributed by atoms with E-state index in [-0.39, 0.29) is 11.3 Å². The van der Waals surface area contributed by atoms with E-state index in [2.05, 4.69) is 4.98 Å². The van der Waals surface area contributed by atoms with E-state index in [0.29, 0.717) is 31.2 Å². The fourth-order valence-corrected chi connectivity index (χ4v) is 2.40. The van der Waals surface area contributed by atoms with Crippen LogP contribution in [0.25, 0.3) is 10.2 Å². The molecule has 0 spiro atoms. The van der Waals surface area contributed by atoms with E-state index in [1.807, 2.05) is 12.3 Å². The van der Waals surface area contributed by atoms with Crippen molar-refractivity contribution in [2.45, 2.75) is 32.7 Å². The third-order valence-corrected chi connectivity index (χ3v) is 3.52. The van der Waals surface area contributed by atoms with Gasteiger partial charge in [-0.1, -0.05) is 6.92 Å². The second kappa shape index (κ2) is 5.23. The molecule has 0 aliphatic carbocycles. The molecular weight excluding hydrogens is 236 g/mol. The second-order valence-corrected chi connectivity index (χ2v) is 4.77. The van der Waals surface area contributed by atoms with Gasteiger partial charge in [0.15, 0.2) is 0 Å². The van der Waals surface area contributed by atoms with Crippen LogP contribution in [-0.2, 0) is 11.3 Å². The van der Waals surface area contributed by atoms with Crippen LogP contribution in [-0.4, -0.2) is 15.3 Å². The molecule has 0 saturated carbocycles. The highest BCUT2D eigenvalue weighted by molar-refractivity contribution is 7.16. The highest BCUT2D eigenvalue weighted by Gasteiger charge is 2.05. The van der Waals surface area contributed by atoms with E-state index in [0.717, 1.165) is 4.83 Å². The largest absolute Gasteiger partial charge is 0.300 e. The van der Waals surface area contributed by atoms with Gasteiger partial charge in [-0.25, -0.2) is 4.98 Å². The lowest BCUT2D eigenvalue weighted by atomic mass is 10.2. The normalized spacial score (nSPS) is 10.9. The Kier molecular flexibility index (Phi) is 3.68. The average Bonchev–Trinajstić information content (AvgIpc) is 2.81. The standard InChI is InChI=1S/C12H14N2O2S/c1-2-9(15)4-3-6-14-8-13-11-10(12(14)16)5-7-17-11/h5,7-8H,2-4,6H2,1H3. The molecule has 4 nitrogen and oxygen atoms in total. The zero-order chi connectivity index (χ0) is 12.3. The minimum atomic E-state index is -0.0137. The molecule has 0 atom stereocenters. The number of thiophene rings is 1. The molecule has 5 heteroatoms. The summed E-state index contributed by atoms with van der Waals surface area (Å²) >= 11 is 1.46.